The SMILES string of the molecule is C#CCOc1nc(Nc2cccc(OCC(C)CN3CCN(c4ccccn4)CC3)c2)ncc1Br. The molecule has 0 spiro atoms. The summed E-state index contributed by atoms with van der Waals surface area (Å²) in [5, 5.41) is 3.19. The summed E-state index contributed by atoms with van der Waals surface area (Å²) in [6, 6.07) is 13.8. The van der Waals surface area contributed by atoms with Gasteiger partial charge in [-0.25, -0.2) is 9.97 Å². The van der Waals surface area contributed by atoms with Crippen LogP contribution >= 0.6 is 15.9 Å². The predicted molar refractivity (Wildman–Crippen MR) is 141 cm³/mol. The fourth-order valence-corrected chi connectivity index (χ4v) is 4.15. The maximum atomic E-state index is 6.09. The van der Waals surface area contributed by atoms with Crippen LogP contribution in [0.2, 0.25) is 0 Å². The third-order valence-electron chi connectivity index (χ3n) is 5.54. The zero-order valence-electron chi connectivity index (χ0n) is 19.7. The molecule has 1 N–H and O–H groups in total. The van der Waals surface area contributed by atoms with E-state index >= 15 is 0 Å². The fraction of sp³-hybridized carbons (Fsp3) is 0.346. The quantitative estimate of drug-likeness (QED) is 0.386. The van der Waals surface area contributed by atoms with Crippen molar-refractivity contribution in [3.05, 3.63) is 59.3 Å². The van der Waals surface area contributed by atoms with Crippen LogP contribution < -0.4 is 19.7 Å². The molecule has 1 fully saturated rings. The van der Waals surface area contributed by atoms with E-state index in [4.69, 9.17) is 15.9 Å². The number of nitrogens with one attached hydrogen (secondary N) is 1. The van der Waals surface area contributed by atoms with Crippen molar-refractivity contribution < 1.29 is 9.47 Å². The number of hydrogen-bond donors (Lipinski definition) is 1. The Morgan fingerprint density at radius 3 is 2.74 bits per heavy atom. The second kappa shape index (κ2) is 12.4. The lowest BCUT2D eigenvalue weighted by molar-refractivity contribution is 0.178. The highest BCUT2D eigenvalue weighted by Crippen LogP contribution is 2.25. The van der Waals surface area contributed by atoms with Gasteiger partial charge < -0.3 is 19.7 Å². The molecule has 2 aromatic heterocycles. The van der Waals surface area contributed by atoms with Crippen LogP contribution in [-0.4, -0.2) is 65.8 Å². The van der Waals surface area contributed by atoms with Gasteiger partial charge in [-0.1, -0.05) is 25.0 Å². The molecule has 8 nitrogen and oxygen atoms in total. The van der Waals surface area contributed by atoms with Gasteiger partial charge in [0.1, 0.15) is 11.6 Å². The average Bonchev–Trinajstić information content (AvgIpc) is 2.89. The van der Waals surface area contributed by atoms with Gasteiger partial charge in [0.2, 0.25) is 11.8 Å². The average molecular weight is 537 g/mol. The summed E-state index contributed by atoms with van der Waals surface area (Å²) in [6.07, 6.45) is 8.74. The Kier molecular flexibility index (Phi) is 8.76. The van der Waals surface area contributed by atoms with E-state index in [9.17, 15) is 0 Å². The molecule has 182 valence electrons. The van der Waals surface area contributed by atoms with E-state index in [2.05, 4.69) is 64.9 Å². The number of hydrogen-bond acceptors (Lipinski definition) is 8. The molecule has 0 bridgehead atoms. The molecule has 0 saturated carbocycles. The van der Waals surface area contributed by atoms with E-state index < -0.39 is 0 Å². The highest BCUT2D eigenvalue weighted by atomic mass is 79.9. The number of aromatic nitrogens is 3. The molecule has 0 aliphatic carbocycles. The molecule has 1 unspecified atom stereocenters. The normalized spacial score (nSPS) is 14.7. The standard InChI is InChI=1S/C26H29BrN6O2/c1-3-15-34-25-23(27)17-29-26(31-25)30-21-7-6-8-22(16-21)35-19-20(2)18-32-11-13-33(14-12-32)24-9-4-5-10-28-24/h1,4-10,16-17,20H,11-15,18-19H2,2H3,(H,29,30,31). The lowest BCUT2D eigenvalue weighted by Gasteiger charge is -2.36. The summed E-state index contributed by atoms with van der Waals surface area (Å²) >= 11 is 3.37. The van der Waals surface area contributed by atoms with Gasteiger partial charge in [0.05, 0.1) is 17.3 Å². The van der Waals surface area contributed by atoms with Crippen molar-refractivity contribution in [3.63, 3.8) is 0 Å². The smallest absolute Gasteiger partial charge is 0.233 e. The summed E-state index contributed by atoms with van der Waals surface area (Å²) in [6.45, 7) is 8.04. The molecular weight excluding hydrogens is 508 g/mol. The van der Waals surface area contributed by atoms with E-state index in [0.29, 0.717) is 28.8 Å². The minimum absolute atomic E-state index is 0.135. The molecule has 35 heavy (non-hydrogen) atoms. The fourth-order valence-electron chi connectivity index (χ4n) is 3.85. The third kappa shape index (κ3) is 7.31. The van der Waals surface area contributed by atoms with E-state index in [1.807, 2.05) is 42.6 Å². The van der Waals surface area contributed by atoms with Crippen LogP contribution in [0.5, 0.6) is 11.6 Å². The summed E-state index contributed by atoms with van der Waals surface area (Å²) in [4.78, 5) is 17.9. The zero-order valence-corrected chi connectivity index (χ0v) is 21.3. The van der Waals surface area contributed by atoms with Crippen molar-refractivity contribution in [1.29, 1.82) is 0 Å². The van der Waals surface area contributed by atoms with E-state index in [1.165, 1.54) is 0 Å². The van der Waals surface area contributed by atoms with Crippen molar-refractivity contribution in [3.8, 4) is 24.0 Å². The van der Waals surface area contributed by atoms with E-state index in [0.717, 1.165) is 50.0 Å². The first kappa shape index (κ1) is 24.8. The number of benzene rings is 1. The van der Waals surface area contributed by atoms with Gasteiger partial charge in [0.25, 0.3) is 0 Å². The molecule has 1 saturated heterocycles. The van der Waals surface area contributed by atoms with Crippen LogP contribution in [0.15, 0.2) is 59.3 Å². The first-order valence-corrected chi connectivity index (χ1v) is 12.4. The minimum Gasteiger partial charge on any atom is -0.493 e. The van der Waals surface area contributed by atoms with Gasteiger partial charge >= 0.3 is 0 Å². The zero-order chi connectivity index (χ0) is 24.5. The number of ether oxygens (including phenoxy) is 2. The maximum absolute atomic E-state index is 6.09. The van der Waals surface area contributed by atoms with Crippen LogP contribution in [0.4, 0.5) is 17.5 Å². The molecule has 0 radical (unpaired) electrons. The molecule has 9 heteroatoms. The predicted octanol–water partition coefficient (Wildman–Crippen LogP) is 4.23. The number of piperazine rings is 1. The number of anilines is 3. The van der Waals surface area contributed by atoms with Crippen LogP contribution in [0.3, 0.4) is 0 Å². The van der Waals surface area contributed by atoms with E-state index in [-0.39, 0.29) is 6.61 Å². The van der Waals surface area contributed by atoms with Gasteiger partial charge in [-0.2, -0.15) is 4.98 Å². The molecule has 3 aromatic rings. The summed E-state index contributed by atoms with van der Waals surface area (Å²) in [5.41, 5.74) is 0.825. The number of nitrogens with zero attached hydrogens (tertiary/aromatic N) is 5. The molecule has 1 aliphatic heterocycles. The Bertz CT molecular complexity index is 1130. The second-order valence-corrected chi connectivity index (χ2v) is 9.24. The van der Waals surface area contributed by atoms with Crippen LogP contribution in [0.25, 0.3) is 0 Å². The molecule has 1 atom stereocenters. The van der Waals surface area contributed by atoms with Crippen molar-refractivity contribution >= 4 is 33.4 Å². The minimum atomic E-state index is 0.135. The van der Waals surface area contributed by atoms with Crippen molar-refractivity contribution in [2.45, 2.75) is 6.92 Å². The monoisotopic (exact) mass is 536 g/mol. The van der Waals surface area contributed by atoms with Crippen molar-refractivity contribution in [1.82, 2.24) is 19.9 Å². The summed E-state index contributed by atoms with van der Waals surface area (Å²) < 4.78 is 12.2. The third-order valence-corrected chi connectivity index (χ3v) is 6.09. The van der Waals surface area contributed by atoms with E-state index in [1.54, 1.807) is 6.20 Å². The first-order chi connectivity index (χ1) is 17.1. The molecule has 0 amide bonds. The van der Waals surface area contributed by atoms with Crippen LogP contribution in [-0.2, 0) is 0 Å². The maximum Gasteiger partial charge on any atom is 0.233 e. The molecule has 1 aromatic carbocycles. The number of halogens is 1. The van der Waals surface area contributed by atoms with Crippen LogP contribution in [0, 0.1) is 18.3 Å². The van der Waals surface area contributed by atoms with Gasteiger partial charge in [-0.15, -0.1) is 6.42 Å². The second-order valence-electron chi connectivity index (χ2n) is 8.38. The van der Waals surface area contributed by atoms with Crippen LogP contribution in [0.1, 0.15) is 6.92 Å². The topological polar surface area (TPSA) is 75.6 Å². The Morgan fingerprint density at radius 2 is 1.97 bits per heavy atom. The largest absolute Gasteiger partial charge is 0.493 e. The number of rotatable bonds is 10. The highest BCUT2D eigenvalue weighted by Gasteiger charge is 2.19. The van der Waals surface area contributed by atoms with Gasteiger partial charge in [-0.3, -0.25) is 4.90 Å². The summed E-state index contributed by atoms with van der Waals surface area (Å²) in [7, 11) is 0. The van der Waals surface area contributed by atoms with Gasteiger partial charge in [-0.05, 0) is 40.2 Å². The Labute approximate surface area is 214 Å². The first-order valence-electron chi connectivity index (χ1n) is 11.6. The van der Waals surface area contributed by atoms with Gasteiger partial charge in [0.15, 0.2) is 6.61 Å². The van der Waals surface area contributed by atoms with Gasteiger partial charge in [0, 0.05) is 56.6 Å². The molecular formula is C26H29BrN6O2. The molecule has 1 aliphatic rings. The lowest BCUT2D eigenvalue weighted by Crippen LogP contribution is -2.48. The Hall–Kier alpha value is -3.35. The van der Waals surface area contributed by atoms with Crippen molar-refractivity contribution in [2.75, 3.05) is 56.2 Å². The number of terminal acetylenes is 1. The Balaban J connectivity index is 1.24. The lowest BCUT2D eigenvalue weighted by atomic mass is 10.1. The number of pyridine rings is 1. The molecule has 3 heterocycles. The van der Waals surface area contributed by atoms with Crippen molar-refractivity contribution in [2.24, 2.45) is 5.92 Å². The molecule has 4 rings (SSSR count). The summed E-state index contributed by atoms with van der Waals surface area (Å²) in [5.74, 6) is 5.49. The highest BCUT2D eigenvalue weighted by molar-refractivity contribution is 9.10. The Morgan fingerprint density at radius 1 is 1.11 bits per heavy atom.